The van der Waals surface area contributed by atoms with E-state index in [2.05, 4.69) is 46.5 Å². The molecule has 1 fully saturated rings. The van der Waals surface area contributed by atoms with Crippen LogP contribution in [0.1, 0.15) is 36.5 Å². The third kappa shape index (κ3) is 3.97. The van der Waals surface area contributed by atoms with E-state index in [0.717, 1.165) is 19.3 Å². The topological polar surface area (TPSA) is 56.3 Å². The van der Waals surface area contributed by atoms with Crippen LogP contribution < -0.4 is 10.1 Å². The number of anilines is 1. The van der Waals surface area contributed by atoms with Gasteiger partial charge in [0, 0.05) is 6.54 Å². The Balaban J connectivity index is 1.63. The Hall–Kier alpha value is -1.85. The molecule has 6 heteroatoms. The van der Waals surface area contributed by atoms with Crippen LogP contribution in [0.25, 0.3) is 0 Å². The van der Waals surface area contributed by atoms with Gasteiger partial charge >= 0.3 is 0 Å². The highest BCUT2D eigenvalue weighted by atomic mass is 35.5. The lowest BCUT2D eigenvalue weighted by molar-refractivity contribution is -0.0442. The van der Waals surface area contributed by atoms with Crippen molar-refractivity contribution >= 4 is 17.4 Å². The molecule has 2 atom stereocenters. The molecule has 1 aromatic carbocycles. The van der Waals surface area contributed by atoms with Crippen LogP contribution in [0.4, 0.5) is 5.82 Å². The second kappa shape index (κ2) is 7.81. The number of benzene rings is 1. The standard InChI is InChI=1S/C18H22ClN3O2/c1-12-5-3-6-13(9-12)15-8-4-7-14(24-15)10-20-18-16(23-2)17(19)21-11-22-18/h3,5-6,9,11,14-15H,4,7-8,10H2,1-2H3,(H,20,21,22). The van der Waals surface area contributed by atoms with Gasteiger partial charge in [-0.25, -0.2) is 9.97 Å². The van der Waals surface area contributed by atoms with Gasteiger partial charge in [-0.05, 0) is 31.7 Å². The first kappa shape index (κ1) is 17.0. The van der Waals surface area contributed by atoms with E-state index in [0.29, 0.717) is 23.3 Å². The van der Waals surface area contributed by atoms with E-state index in [-0.39, 0.29) is 12.2 Å². The van der Waals surface area contributed by atoms with Crippen LogP contribution in [-0.4, -0.2) is 29.7 Å². The number of halogens is 1. The molecule has 3 rings (SSSR count). The molecule has 0 amide bonds. The smallest absolute Gasteiger partial charge is 0.198 e. The Morgan fingerprint density at radius 1 is 1.33 bits per heavy atom. The summed E-state index contributed by atoms with van der Waals surface area (Å²) in [6.07, 6.45) is 4.93. The molecule has 1 saturated heterocycles. The van der Waals surface area contributed by atoms with Crippen LogP contribution in [0, 0.1) is 6.92 Å². The molecule has 1 aromatic heterocycles. The zero-order chi connectivity index (χ0) is 16.9. The van der Waals surface area contributed by atoms with Crippen LogP contribution >= 0.6 is 11.6 Å². The first-order chi connectivity index (χ1) is 11.7. The van der Waals surface area contributed by atoms with Gasteiger partial charge < -0.3 is 14.8 Å². The summed E-state index contributed by atoms with van der Waals surface area (Å²) in [6.45, 7) is 2.77. The Morgan fingerprint density at radius 3 is 3.00 bits per heavy atom. The highest BCUT2D eigenvalue weighted by molar-refractivity contribution is 6.31. The predicted molar refractivity (Wildman–Crippen MR) is 94.7 cm³/mol. The first-order valence-corrected chi connectivity index (χ1v) is 8.55. The van der Waals surface area contributed by atoms with Gasteiger partial charge in [0.15, 0.2) is 16.7 Å². The van der Waals surface area contributed by atoms with E-state index in [1.54, 1.807) is 7.11 Å². The summed E-state index contributed by atoms with van der Waals surface area (Å²) in [6, 6.07) is 8.54. The third-order valence-corrected chi connectivity index (χ3v) is 4.49. The van der Waals surface area contributed by atoms with Crippen molar-refractivity contribution in [3.05, 3.63) is 46.9 Å². The number of methoxy groups -OCH3 is 1. The average molecular weight is 348 g/mol. The monoisotopic (exact) mass is 347 g/mol. The van der Waals surface area contributed by atoms with E-state index in [1.807, 2.05) is 0 Å². The number of ether oxygens (including phenoxy) is 2. The molecule has 0 aliphatic carbocycles. The fourth-order valence-electron chi connectivity index (χ4n) is 3.03. The molecule has 0 saturated carbocycles. The lowest BCUT2D eigenvalue weighted by Crippen LogP contribution is -2.29. The molecule has 0 bridgehead atoms. The third-order valence-electron chi connectivity index (χ3n) is 4.22. The number of aromatic nitrogens is 2. The summed E-state index contributed by atoms with van der Waals surface area (Å²) in [5.41, 5.74) is 2.51. The normalized spacial score (nSPS) is 20.6. The van der Waals surface area contributed by atoms with Crippen molar-refractivity contribution in [3.8, 4) is 5.75 Å². The van der Waals surface area contributed by atoms with Gasteiger partial charge in [-0.15, -0.1) is 0 Å². The Labute approximate surface area is 147 Å². The van der Waals surface area contributed by atoms with Crippen LogP contribution in [-0.2, 0) is 4.74 Å². The van der Waals surface area contributed by atoms with Crippen LogP contribution in [0.2, 0.25) is 5.15 Å². The highest BCUT2D eigenvalue weighted by Crippen LogP contribution is 2.33. The Morgan fingerprint density at radius 2 is 2.21 bits per heavy atom. The number of hydrogen-bond donors (Lipinski definition) is 1. The maximum absolute atomic E-state index is 6.27. The Kier molecular flexibility index (Phi) is 5.53. The largest absolute Gasteiger partial charge is 0.490 e. The summed E-state index contributed by atoms with van der Waals surface area (Å²) in [5.74, 6) is 1.06. The molecular formula is C18H22ClN3O2. The zero-order valence-corrected chi connectivity index (χ0v) is 14.7. The average Bonchev–Trinajstić information content (AvgIpc) is 2.60. The summed E-state index contributed by atoms with van der Waals surface area (Å²) < 4.78 is 11.5. The molecule has 128 valence electrons. The Bertz CT molecular complexity index is 696. The summed E-state index contributed by atoms with van der Waals surface area (Å²) in [5, 5.41) is 3.58. The van der Waals surface area contributed by atoms with E-state index in [9.17, 15) is 0 Å². The molecule has 2 aromatic rings. The molecule has 1 aliphatic heterocycles. The molecular weight excluding hydrogens is 326 g/mol. The van der Waals surface area contributed by atoms with Crippen molar-refractivity contribution in [2.45, 2.75) is 38.4 Å². The molecule has 2 unspecified atom stereocenters. The lowest BCUT2D eigenvalue weighted by Gasteiger charge is -2.31. The van der Waals surface area contributed by atoms with Gasteiger partial charge in [-0.2, -0.15) is 0 Å². The van der Waals surface area contributed by atoms with Gasteiger partial charge in [0.1, 0.15) is 6.33 Å². The van der Waals surface area contributed by atoms with Gasteiger partial charge in [-0.3, -0.25) is 0 Å². The van der Waals surface area contributed by atoms with E-state index >= 15 is 0 Å². The van der Waals surface area contributed by atoms with Crippen LogP contribution in [0.5, 0.6) is 5.75 Å². The fourth-order valence-corrected chi connectivity index (χ4v) is 3.24. The molecule has 24 heavy (non-hydrogen) atoms. The molecule has 0 spiro atoms. The minimum atomic E-state index is 0.128. The van der Waals surface area contributed by atoms with E-state index < -0.39 is 0 Å². The SMILES string of the molecule is COc1c(Cl)ncnc1NCC1CCCC(c2cccc(C)c2)O1. The van der Waals surface area contributed by atoms with Crippen LogP contribution in [0.3, 0.4) is 0 Å². The van der Waals surface area contributed by atoms with Crippen molar-refractivity contribution in [2.75, 3.05) is 19.0 Å². The zero-order valence-electron chi connectivity index (χ0n) is 14.0. The maximum atomic E-state index is 6.27. The number of rotatable bonds is 5. The number of aryl methyl sites for hydroxylation is 1. The summed E-state index contributed by atoms with van der Waals surface area (Å²) in [4.78, 5) is 8.12. The highest BCUT2D eigenvalue weighted by Gasteiger charge is 2.24. The minimum absolute atomic E-state index is 0.128. The molecule has 2 heterocycles. The summed E-state index contributed by atoms with van der Waals surface area (Å²) >= 11 is 6.02. The molecule has 1 N–H and O–H groups in total. The van der Waals surface area contributed by atoms with Crippen molar-refractivity contribution in [3.63, 3.8) is 0 Å². The minimum Gasteiger partial charge on any atom is -0.490 e. The van der Waals surface area contributed by atoms with Crippen molar-refractivity contribution in [2.24, 2.45) is 0 Å². The first-order valence-electron chi connectivity index (χ1n) is 8.17. The van der Waals surface area contributed by atoms with Gasteiger partial charge in [-0.1, -0.05) is 41.4 Å². The van der Waals surface area contributed by atoms with Gasteiger partial charge in [0.25, 0.3) is 0 Å². The van der Waals surface area contributed by atoms with Crippen molar-refractivity contribution in [1.29, 1.82) is 0 Å². The van der Waals surface area contributed by atoms with Gasteiger partial charge in [0.2, 0.25) is 0 Å². The number of nitrogens with zero attached hydrogens (tertiary/aromatic N) is 2. The fraction of sp³-hybridized carbons (Fsp3) is 0.444. The van der Waals surface area contributed by atoms with Crippen LogP contribution in [0.15, 0.2) is 30.6 Å². The second-order valence-electron chi connectivity index (χ2n) is 6.02. The van der Waals surface area contributed by atoms with E-state index in [1.165, 1.54) is 17.5 Å². The lowest BCUT2D eigenvalue weighted by atomic mass is 9.97. The van der Waals surface area contributed by atoms with E-state index in [4.69, 9.17) is 21.1 Å². The maximum Gasteiger partial charge on any atom is 0.198 e. The predicted octanol–water partition coefficient (Wildman–Crippen LogP) is 4.17. The molecule has 5 nitrogen and oxygen atoms in total. The second-order valence-corrected chi connectivity index (χ2v) is 6.38. The van der Waals surface area contributed by atoms with Crippen molar-refractivity contribution in [1.82, 2.24) is 9.97 Å². The molecule has 1 aliphatic rings. The molecule has 0 radical (unpaired) electrons. The quantitative estimate of drug-likeness (QED) is 0.823. The van der Waals surface area contributed by atoms with Crippen molar-refractivity contribution < 1.29 is 9.47 Å². The summed E-state index contributed by atoms with van der Waals surface area (Å²) in [7, 11) is 1.56. The number of nitrogens with one attached hydrogen (secondary N) is 1. The number of hydrogen-bond acceptors (Lipinski definition) is 5. The van der Waals surface area contributed by atoms with Gasteiger partial charge in [0.05, 0.1) is 19.3 Å².